The van der Waals surface area contributed by atoms with Gasteiger partial charge in [0, 0.05) is 5.56 Å². The topological polar surface area (TPSA) is 51.8 Å². The van der Waals surface area contributed by atoms with Gasteiger partial charge in [-0.1, -0.05) is 44.2 Å². The van der Waals surface area contributed by atoms with Crippen LogP contribution in [-0.2, 0) is 6.42 Å². The first-order chi connectivity index (χ1) is 8.58. The Morgan fingerprint density at radius 2 is 1.83 bits per heavy atom. The number of nitrogen functional groups attached to an aromatic ring is 1. The van der Waals surface area contributed by atoms with Crippen molar-refractivity contribution in [1.29, 1.82) is 0 Å². The van der Waals surface area contributed by atoms with Gasteiger partial charge in [0.2, 0.25) is 0 Å². The van der Waals surface area contributed by atoms with Gasteiger partial charge in [0.1, 0.15) is 5.82 Å². The monoisotopic (exact) mass is 353 g/mol. The molecule has 0 bridgehead atoms. The first kappa shape index (κ1) is 13.3. The van der Waals surface area contributed by atoms with Crippen LogP contribution in [0, 0.1) is 9.49 Å². The van der Waals surface area contributed by atoms with Crippen molar-refractivity contribution < 1.29 is 0 Å². The summed E-state index contributed by atoms with van der Waals surface area (Å²) in [6, 6.07) is 9.94. The van der Waals surface area contributed by atoms with Gasteiger partial charge in [0.25, 0.3) is 0 Å². The molecule has 0 aliphatic heterocycles. The van der Waals surface area contributed by atoms with Crippen LogP contribution >= 0.6 is 22.6 Å². The lowest BCUT2D eigenvalue weighted by atomic mass is 10.1. The van der Waals surface area contributed by atoms with Crippen LogP contribution in [0.25, 0.3) is 11.4 Å². The molecular formula is C14H16IN3. The number of anilines is 1. The zero-order valence-electron chi connectivity index (χ0n) is 10.5. The molecule has 0 aliphatic rings. The van der Waals surface area contributed by atoms with Gasteiger partial charge < -0.3 is 5.73 Å². The predicted octanol–water partition coefficient (Wildman–Crippen LogP) is 3.53. The second kappa shape index (κ2) is 5.65. The van der Waals surface area contributed by atoms with Crippen LogP contribution in [0.3, 0.4) is 0 Å². The van der Waals surface area contributed by atoms with Crippen molar-refractivity contribution in [1.82, 2.24) is 9.97 Å². The molecule has 0 aliphatic carbocycles. The Bertz CT molecular complexity index is 538. The normalized spacial score (nSPS) is 10.9. The molecule has 0 amide bonds. The maximum absolute atomic E-state index is 5.98. The Morgan fingerprint density at radius 1 is 1.17 bits per heavy atom. The summed E-state index contributed by atoms with van der Waals surface area (Å²) in [4.78, 5) is 9.01. The highest BCUT2D eigenvalue weighted by Crippen LogP contribution is 2.23. The van der Waals surface area contributed by atoms with E-state index in [9.17, 15) is 0 Å². The van der Waals surface area contributed by atoms with Gasteiger partial charge in [-0.25, -0.2) is 9.97 Å². The van der Waals surface area contributed by atoms with E-state index >= 15 is 0 Å². The van der Waals surface area contributed by atoms with Crippen molar-refractivity contribution in [3.8, 4) is 11.4 Å². The minimum atomic E-state index is 0.552. The summed E-state index contributed by atoms with van der Waals surface area (Å²) in [5, 5.41) is 0. The molecule has 0 atom stereocenters. The highest BCUT2D eigenvalue weighted by atomic mass is 127. The van der Waals surface area contributed by atoms with Gasteiger partial charge in [-0.3, -0.25) is 0 Å². The SMILES string of the molecule is CC(C)Cc1nc(-c2ccccc2)nc(N)c1I. The molecule has 0 spiro atoms. The van der Waals surface area contributed by atoms with Gasteiger partial charge in [-0.15, -0.1) is 0 Å². The van der Waals surface area contributed by atoms with Crippen LogP contribution < -0.4 is 5.73 Å². The number of halogens is 1. The molecule has 1 aromatic heterocycles. The molecule has 0 saturated carbocycles. The summed E-state index contributed by atoms with van der Waals surface area (Å²) in [5.41, 5.74) is 8.02. The van der Waals surface area contributed by atoms with E-state index in [-0.39, 0.29) is 0 Å². The lowest BCUT2D eigenvalue weighted by Crippen LogP contribution is -2.07. The minimum Gasteiger partial charge on any atom is -0.383 e. The summed E-state index contributed by atoms with van der Waals surface area (Å²) in [5.74, 6) is 1.83. The number of hydrogen-bond acceptors (Lipinski definition) is 3. The molecule has 3 nitrogen and oxygen atoms in total. The standard InChI is InChI=1S/C14H16IN3/c1-9(2)8-11-12(15)13(16)18-14(17-11)10-6-4-3-5-7-10/h3-7,9H,8H2,1-2H3,(H2,16,17,18). The summed E-state index contributed by atoms with van der Waals surface area (Å²) >= 11 is 2.22. The van der Waals surface area contributed by atoms with E-state index in [1.165, 1.54) is 0 Å². The maximum atomic E-state index is 5.98. The molecule has 2 N–H and O–H groups in total. The van der Waals surface area contributed by atoms with Crippen molar-refractivity contribution in [3.63, 3.8) is 0 Å². The van der Waals surface area contributed by atoms with Crippen molar-refractivity contribution in [2.75, 3.05) is 5.73 Å². The molecule has 2 rings (SSSR count). The molecule has 0 radical (unpaired) electrons. The van der Waals surface area contributed by atoms with E-state index < -0.39 is 0 Å². The van der Waals surface area contributed by atoms with Crippen LogP contribution in [0.2, 0.25) is 0 Å². The molecule has 2 aromatic rings. The molecule has 1 aromatic carbocycles. The lowest BCUT2D eigenvalue weighted by molar-refractivity contribution is 0.632. The molecule has 4 heteroatoms. The largest absolute Gasteiger partial charge is 0.383 e. The van der Waals surface area contributed by atoms with Crippen LogP contribution in [0.4, 0.5) is 5.82 Å². The fourth-order valence-electron chi connectivity index (χ4n) is 1.75. The number of hydrogen-bond donors (Lipinski definition) is 1. The Labute approximate surface area is 121 Å². The molecular weight excluding hydrogens is 337 g/mol. The molecule has 0 unspecified atom stereocenters. The fourth-order valence-corrected chi connectivity index (χ4v) is 2.21. The van der Waals surface area contributed by atoms with Gasteiger partial charge in [-0.05, 0) is 34.9 Å². The number of nitrogens with two attached hydrogens (primary N) is 1. The maximum Gasteiger partial charge on any atom is 0.161 e. The smallest absolute Gasteiger partial charge is 0.161 e. The van der Waals surface area contributed by atoms with E-state index in [1.54, 1.807) is 0 Å². The third-order valence-corrected chi connectivity index (χ3v) is 3.75. The predicted molar refractivity (Wildman–Crippen MR) is 83.1 cm³/mol. The van der Waals surface area contributed by atoms with Gasteiger partial charge in [0.15, 0.2) is 5.82 Å². The molecule has 0 saturated heterocycles. The number of aromatic nitrogens is 2. The van der Waals surface area contributed by atoms with Crippen molar-refractivity contribution in [3.05, 3.63) is 39.6 Å². The molecule has 94 valence electrons. The van der Waals surface area contributed by atoms with Crippen molar-refractivity contribution in [2.45, 2.75) is 20.3 Å². The quantitative estimate of drug-likeness (QED) is 0.859. The van der Waals surface area contributed by atoms with Crippen LogP contribution in [-0.4, -0.2) is 9.97 Å². The van der Waals surface area contributed by atoms with E-state index in [1.807, 2.05) is 30.3 Å². The summed E-state index contributed by atoms with van der Waals surface area (Å²) < 4.78 is 0.973. The van der Waals surface area contributed by atoms with Crippen molar-refractivity contribution >= 4 is 28.4 Å². The van der Waals surface area contributed by atoms with E-state index in [0.717, 1.165) is 21.2 Å². The number of rotatable bonds is 3. The van der Waals surface area contributed by atoms with E-state index in [2.05, 4.69) is 46.4 Å². The van der Waals surface area contributed by atoms with E-state index in [4.69, 9.17) is 5.73 Å². The summed E-state index contributed by atoms with van der Waals surface area (Å²) in [7, 11) is 0. The van der Waals surface area contributed by atoms with E-state index in [0.29, 0.717) is 17.6 Å². The Hall–Kier alpha value is -1.17. The highest BCUT2D eigenvalue weighted by Gasteiger charge is 2.12. The molecule has 0 fully saturated rings. The van der Waals surface area contributed by atoms with Gasteiger partial charge in [0.05, 0.1) is 9.26 Å². The van der Waals surface area contributed by atoms with Crippen LogP contribution in [0.5, 0.6) is 0 Å². The first-order valence-electron chi connectivity index (χ1n) is 5.95. The average molecular weight is 353 g/mol. The Morgan fingerprint density at radius 3 is 2.44 bits per heavy atom. The first-order valence-corrected chi connectivity index (χ1v) is 7.03. The second-order valence-corrected chi connectivity index (χ2v) is 5.74. The number of nitrogens with zero attached hydrogens (tertiary/aromatic N) is 2. The van der Waals surface area contributed by atoms with Crippen LogP contribution in [0.1, 0.15) is 19.5 Å². The Kier molecular flexibility index (Phi) is 4.16. The van der Waals surface area contributed by atoms with Gasteiger partial charge >= 0.3 is 0 Å². The summed E-state index contributed by atoms with van der Waals surface area (Å²) in [6.45, 7) is 4.35. The second-order valence-electron chi connectivity index (χ2n) is 4.66. The third-order valence-electron chi connectivity index (χ3n) is 2.58. The zero-order chi connectivity index (χ0) is 13.1. The molecule has 1 heterocycles. The Balaban J connectivity index is 2.47. The molecule has 18 heavy (non-hydrogen) atoms. The van der Waals surface area contributed by atoms with Gasteiger partial charge in [-0.2, -0.15) is 0 Å². The third kappa shape index (κ3) is 2.98. The highest BCUT2D eigenvalue weighted by molar-refractivity contribution is 14.1. The fraction of sp³-hybridized carbons (Fsp3) is 0.286. The summed E-state index contributed by atoms with van der Waals surface area (Å²) in [6.07, 6.45) is 0.921. The average Bonchev–Trinajstić information content (AvgIpc) is 2.35. The van der Waals surface area contributed by atoms with Crippen molar-refractivity contribution in [2.24, 2.45) is 5.92 Å². The van der Waals surface area contributed by atoms with Crippen LogP contribution in [0.15, 0.2) is 30.3 Å². The minimum absolute atomic E-state index is 0.552. The zero-order valence-corrected chi connectivity index (χ0v) is 12.7. The lowest BCUT2D eigenvalue weighted by Gasteiger charge is -2.10. The number of benzene rings is 1.